The van der Waals surface area contributed by atoms with Crippen molar-refractivity contribution in [1.82, 2.24) is 5.32 Å². The zero-order valence-electron chi connectivity index (χ0n) is 8.80. The van der Waals surface area contributed by atoms with Gasteiger partial charge in [0.15, 0.2) is 0 Å². The fourth-order valence-electron chi connectivity index (χ4n) is 2.15. The molecule has 0 aliphatic heterocycles. The minimum Gasteiger partial charge on any atom is -0.313 e. The minimum atomic E-state index is 0.475. The maximum atomic E-state index is 3.66. The van der Waals surface area contributed by atoms with Crippen molar-refractivity contribution in [2.45, 2.75) is 37.1 Å². The van der Waals surface area contributed by atoms with Crippen LogP contribution in [0.4, 0.5) is 0 Å². The Hall–Kier alpha value is -0.340. The van der Waals surface area contributed by atoms with Gasteiger partial charge in [-0.3, -0.25) is 0 Å². The Bertz CT molecular complexity index is 349. The highest BCUT2D eigenvalue weighted by molar-refractivity contribution is 9.10. The lowest BCUT2D eigenvalue weighted by Gasteiger charge is -2.16. The van der Waals surface area contributed by atoms with Crippen LogP contribution in [-0.2, 0) is 5.41 Å². The molecule has 0 aromatic heterocycles. The van der Waals surface area contributed by atoms with Gasteiger partial charge < -0.3 is 5.32 Å². The van der Waals surface area contributed by atoms with Crippen LogP contribution in [0, 0.1) is 0 Å². The number of nitrogens with one attached hydrogen (secondary N) is 1. The molecule has 2 aliphatic rings. The fraction of sp³-hybridized carbons (Fsp3) is 0.538. The second kappa shape index (κ2) is 3.60. The van der Waals surface area contributed by atoms with Gasteiger partial charge >= 0.3 is 0 Å². The first-order chi connectivity index (χ1) is 7.28. The zero-order valence-corrected chi connectivity index (χ0v) is 10.4. The zero-order chi connectivity index (χ0) is 10.3. The van der Waals surface area contributed by atoms with Crippen LogP contribution < -0.4 is 5.32 Å². The van der Waals surface area contributed by atoms with Crippen LogP contribution in [0.5, 0.6) is 0 Å². The maximum absolute atomic E-state index is 3.66. The molecule has 0 radical (unpaired) electrons. The summed E-state index contributed by atoms with van der Waals surface area (Å²) in [6, 6.07) is 9.69. The van der Waals surface area contributed by atoms with E-state index in [2.05, 4.69) is 45.5 Å². The maximum Gasteiger partial charge on any atom is 0.0175 e. The van der Waals surface area contributed by atoms with Gasteiger partial charge in [0.25, 0.3) is 0 Å². The second-order valence-corrected chi connectivity index (χ2v) is 5.86. The van der Waals surface area contributed by atoms with Gasteiger partial charge in [0.2, 0.25) is 0 Å². The first-order valence-corrected chi connectivity index (χ1v) is 6.57. The molecule has 0 amide bonds. The first-order valence-electron chi connectivity index (χ1n) is 5.78. The molecule has 2 saturated carbocycles. The molecule has 0 spiro atoms. The summed E-state index contributed by atoms with van der Waals surface area (Å²) in [4.78, 5) is 0. The van der Waals surface area contributed by atoms with E-state index in [4.69, 9.17) is 0 Å². The Morgan fingerprint density at radius 3 is 2.40 bits per heavy atom. The molecule has 1 aromatic rings. The average Bonchev–Trinajstić information content (AvgIpc) is 3.12. The predicted octanol–water partition coefficient (Wildman–Crippen LogP) is 3.23. The standard InChI is InChI=1S/C13H16BrN/c14-11-3-1-10(2-4-11)13(7-8-13)9-15-12-5-6-12/h1-4,12,15H,5-9H2. The molecule has 0 heterocycles. The molecule has 2 fully saturated rings. The topological polar surface area (TPSA) is 12.0 Å². The number of rotatable bonds is 4. The molecule has 0 atom stereocenters. The molecular weight excluding hydrogens is 250 g/mol. The van der Waals surface area contributed by atoms with Crippen LogP contribution in [0.2, 0.25) is 0 Å². The highest BCUT2D eigenvalue weighted by Gasteiger charge is 2.44. The second-order valence-electron chi connectivity index (χ2n) is 4.94. The summed E-state index contributed by atoms with van der Waals surface area (Å²) in [6.45, 7) is 1.18. The van der Waals surface area contributed by atoms with E-state index in [-0.39, 0.29) is 0 Å². The van der Waals surface area contributed by atoms with Crippen molar-refractivity contribution in [3.63, 3.8) is 0 Å². The van der Waals surface area contributed by atoms with Gasteiger partial charge in [-0.05, 0) is 43.4 Å². The largest absolute Gasteiger partial charge is 0.313 e. The molecule has 3 rings (SSSR count). The third kappa shape index (κ3) is 2.11. The number of benzene rings is 1. The monoisotopic (exact) mass is 265 g/mol. The Balaban J connectivity index is 1.71. The van der Waals surface area contributed by atoms with Crippen molar-refractivity contribution in [3.05, 3.63) is 34.3 Å². The molecule has 15 heavy (non-hydrogen) atoms. The third-order valence-electron chi connectivity index (χ3n) is 3.62. The summed E-state index contributed by atoms with van der Waals surface area (Å²) in [6.07, 6.45) is 5.48. The average molecular weight is 266 g/mol. The summed E-state index contributed by atoms with van der Waals surface area (Å²) in [5, 5.41) is 3.66. The lowest BCUT2D eigenvalue weighted by molar-refractivity contribution is 0.572. The van der Waals surface area contributed by atoms with Crippen molar-refractivity contribution in [1.29, 1.82) is 0 Å². The third-order valence-corrected chi connectivity index (χ3v) is 4.15. The SMILES string of the molecule is Brc1ccc(C2(CNC3CC3)CC2)cc1. The Morgan fingerprint density at radius 2 is 1.87 bits per heavy atom. The molecule has 1 nitrogen and oxygen atoms in total. The minimum absolute atomic E-state index is 0.475. The van der Waals surface area contributed by atoms with E-state index >= 15 is 0 Å². The summed E-state index contributed by atoms with van der Waals surface area (Å²) >= 11 is 3.49. The van der Waals surface area contributed by atoms with E-state index in [1.807, 2.05) is 0 Å². The van der Waals surface area contributed by atoms with Gasteiger partial charge in [-0.2, -0.15) is 0 Å². The summed E-state index contributed by atoms with van der Waals surface area (Å²) in [5.41, 5.74) is 1.99. The lowest BCUT2D eigenvalue weighted by Crippen LogP contribution is -2.28. The molecule has 1 N–H and O–H groups in total. The van der Waals surface area contributed by atoms with Gasteiger partial charge in [-0.15, -0.1) is 0 Å². The van der Waals surface area contributed by atoms with Gasteiger partial charge in [0, 0.05) is 22.5 Å². The van der Waals surface area contributed by atoms with Gasteiger partial charge in [-0.25, -0.2) is 0 Å². The Morgan fingerprint density at radius 1 is 1.20 bits per heavy atom. The van der Waals surface area contributed by atoms with Crippen LogP contribution in [0.15, 0.2) is 28.7 Å². The quantitative estimate of drug-likeness (QED) is 0.882. The van der Waals surface area contributed by atoms with Gasteiger partial charge in [-0.1, -0.05) is 28.1 Å². The molecule has 1 aromatic carbocycles. The smallest absolute Gasteiger partial charge is 0.0175 e. The Kier molecular flexibility index (Phi) is 2.37. The molecule has 0 unspecified atom stereocenters. The molecule has 2 aliphatic carbocycles. The number of hydrogen-bond acceptors (Lipinski definition) is 1. The number of halogens is 1. The van der Waals surface area contributed by atoms with E-state index in [9.17, 15) is 0 Å². The van der Waals surface area contributed by atoms with E-state index in [1.54, 1.807) is 0 Å². The van der Waals surface area contributed by atoms with Crippen LogP contribution in [0.25, 0.3) is 0 Å². The van der Waals surface area contributed by atoms with Crippen LogP contribution in [-0.4, -0.2) is 12.6 Å². The van der Waals surface area contributed by atoms with Crippen molar-refractivity contribution in [2.75, 3.05) is 6.54 Å². The summed E-state index contributed by atoms with van der Waals surface area (Å²) < 4.78 is 1.18. The molecule has 80 valence electrons. The predicted molar refractivity (Wildman–Crippen MR) is 66.1 cm³/mol. The number of hydrogen-bond donors (Lipinski definition) is 1. The summed E-state index contributed by atoms with van der Waals surface area (Å²) in [5.74, 6) is 0. The fourth-order valence-corrected chi connectivity index (χ4v) is 2.41. The molecular formula is C13H16BrN. The first kappa shape index (κ1) is 9.86. The van der Waals surface area contributed by atoms with Crippen LogP contribution >= 0.6 is 15.9 Å². The van der Waals surface area contributed by atoms with E-state index in [0.29, 0.717) is 5.41 Å². The van der Waals surface area contributed by atoms with E-state index in [0.717, 1.165) is 6.04 Å². The highest BCUT2D eigenvalue weighted by Crippen LogP contribution is 2.48. The van der Waals surface area contributed by atoms with Crippen LogP contribution in [0.3, 0.4) is 0 Å². The van der Waals surface area contributed by atoms with Crippen molar-refractivity contribution < 1.29 is 0 Å². The van der Waals surface area contributed by atoms with E-state index < -0.39 is 0 Å². The van der Waals surface area contributed by atoms with Crippen molar-refractivity contribution in [3.8, 4) is 0 Å². The van der Waals surface area contributed by atoms with Crippen molar-refractivity contribution in [2.24, 2.45) is 0 Å². The summed E-state index contributed by atoms with van der Waals surface area (Å²) in [7, 11) is 0. The Labute approximate surface area is 99.4 Å². The van der Waals surface area contributed by atoms with Gasteiger partial charge in [0.05, 0.1) is 0 Å². The van der Waals surface area contributed by atoms with Gasteiger partial charge in [0.1, 0.15) is 0 Å². The molecule has 2 heteroatoms. The molecule has 0 saturated heterocycles. The highest BCUT2D eigenvalue weighted by atomic mass is 79.9. The van der Waals surface area contributed by atoms with Crippen LogP contribution in [0.1, 0.15) is 31.2 Å². The molecule has 0 bridgehead atoms. The lowest BCUT2D eigenvalue weighted by atomic mass is 9.96. The normalized spacial score (nSPS) is 22.7. The van der Waals surface area contributed by atoms with E-state index in [1.165, 1.54) is 42.3 Å². The van der Waals surface area contributed by atoms with Crippen molar-refractivity contribution >= 4 is 15.9 Å².